The zero-order valence-electron chi connectivity index (χ0n) is 16.1. The molecule has 142 valence electrons. The molecule has 1 rings (SSSR count). The van der Waals surface area contributed by atoms with Gasteiger partial charge in [0.2, 0.25) is 0 Å². The number of guanidine groups is 1. The number of methoxy groups -OCH3 is 2. The van der Waals surface area contributed by atoms with Gasteiger partial charge in [0.15, 0.2) is 5.96 Å². The topological polar surface area (TPSA) is 75.1 Å². The van der Waals surface area contributed by atoms with Crippen LogP contribution in [0.1, 0.15) is 45.3 Å². The Hall–Kier alpha value is -1.95. The highest BCUT2D eigenvalue weighted by Crippen LogP contribution is 2.26. The van der Waals surface area contributed by atoms with Crippen molar-refractivity contribution in [2.45, 2.75) is 39.7 Å². The molecule has 25 heavy (non-hydrogen) atoms. The second kappa shape index (κ2) is 11.6. The predicted octanol–water partition coefficient (Wildman–Crippen LogP) is 2.73. The van der Waals surface area contributed by atoms with Crippen LogP contribution in [0.5, 0.6) is 11.5 Å². The summed E-state index contributed by atoms with van der Waals surface area (Å²) in [6.45, 7) is 8.31. The maximum atomic E-state index is 10.5. The first-order valence-electron chi connectivity index (χ1n) is 9.00. The van der Waals surface area contributed by atoms with Gasteiger partial charge in [-0.15, -0.1) is 0 Å². The summed E-state index contributed by atoms with van der Waals surface area (Å²) in [4.78, 5) is 4.62. The number of ether oxygens (including phenoxy) is 2. The molecule has 0 aliphatic rings. The summed E-state index contributed by atoms with van der Waals surface area (Å²) in [6, 6.07) is 5.40. The van der Waals surface area contributed by atoms with Gasteiger partial charge < -0.3 is 25.2 Å². The number of hydrogen-bond donors (Lipinski definition) is 3. The standard InChI is InChI=1S/C19H33N3O3/c1-6-14(7-2)12-21-19(20-8-3)22-13-18(23)15-9-16(24-4)11-17(10-15)25-5/h9-11,14,18,23H,6-8,12-13H2,1-5H3,(H2,20,21,22). The Labute approximate surface area is 151 Å². The van der Waals surface area contributed by atoms with Crippen molar-refractivity contribution in [3.63, 3.8) is 0 Å². The normalized spacial score (nSPS) is 12.8. The van der Waals surface area contributed by atoms with Crippen LogP contribution in [0.3, 0.4) is 0 Å². The highest BCUT2D eigenvalue weighted by Gasteiger charge is 2.12. The molecular formula is C19H33N3O3. The van der Waals surface area contributed by atoms with Crippen LogP contribution in [0, 0.1) is 5.92 Å². The van der Waals surface area contributed by atoms with Gasteiger partial charge in [-0.05, 0) is 30.5 Å². The molecule has 0 aromatic heterocycles. The fraction of sp³-hybridized carbons (Fsp3) is 0.632. The average Bonchev–Trinajstić information content (AvgIpc) is 2.65. The Morgan fingerprint density at radius 2 is 1.64 bits per heavy atom. The van der Waals surface area contributed by atoms with E-state index in [1.54, 1.807) is 20.3 Å². The lowest BCUT2D eigenvalue weighted by Gasteiger charge is -2.18. The quantitative estimate of drug-likeness (QED) is 0.446. The number of rotatable bonds is 10. The van der Waals surface area contributed by atoms with E-state index in [9.17, 15) is 5.11 Å². The summed E-state index contributed by atoms with van der Waals surface area (Å²) in [5.74, 6) is 2.62. The summed E-state index contributed by atoms with van der Waals surface area (Å²) in [5.41, 5.74) is 0.736. The lowest BCUT2D eigenvalue weighted by atomic mass is 10.0. The van der Waals surface area contributed by atoms with E-state index in [2.05, 4.69) is 29.5 Å². The molecule has 1 atom stereocenters. The van der Waals surface area contributed by atoms with E-state index in [0.29, 0.717) is 24.0 Å². The van der Waals surface area contributed by atoms with Gasteiger partial charge in [0, 0.05) is 25.7 Å². The van der Waals surface area contributed by atoms with Gasteiger partial charge in [0.05, 0.1) is 20.3 Å². The highest BCUT2D eigenvalue weighted by molar-refractivity contribution is 5.79. The molecule has 1 unspecified atom stereocenters. The monoisotopic (exact) mass is 351 g/mol. The van der Waals surface area contributed by atoms with E-state index in [1.165, 1.54) is 0 Å². The van der Waals surface area contributed by atoms with Gasteiger partial charge in [-0.1, -0.05) is 26.7 Å². The summed E-state index contributed by atoms with van der Waals surface area (Å²) in [5, 5.41) is 16.9. The SMILES string of the molecule is CCNC(=NCC(CC)CC)NCC(O)c1cc(OC)cc(OC)c1. The smallest absolute Gasteiger partial charge is 0.191 e. The Balaban J connectivity index is 2.73. The van der Waals surface area contributed by atoms with E-state index in [-0.39, 0.29) is 0 Å². The maximum Gasteiger partial charge on any atom is 0.191 e. The average molecular weight is 351 g/mol. The zero-order chi connectivity index (χ0) is 18.7. The largest absolute Gasteiger partial charge is 0.497 e. The highest BCUT2D eigenvalue weighted by atomic mass is 16.5. The van der Waals surface area contributed by atoms with Crippen LogP contribution >= 0.6 is 0 Å². The van der Waals surface area contributed by atoms with Crippen LogP contribution in [-0.4, -0.2) is 44.9 Å². The van der Waals surface area contributed by atoms with Gasteiger partial charge in [-0.25, -0.2) is 0 Å². The number of nitrogens with one attached hydrogen (secondary N) is 2. The van der Waals surface area contributed by atoms with Crippen molar-refractivity contribution in [3.8, 4) is 11.5 Å². The molecule has 0 heterocycles. The first kappa shape index (κ1) is 21.1. The van der Waals surface area contributed by atoms with Crippen molar-refractivity contribution in [1.82, 2.24) is 10.6 Å². The molecule has 1 aromatic rings. The number of hydrogen-bond acceptors (Lipinski definition) is 4. The van der Waals surface area contributed by atoms with Crippen LogP contribution in [0.15, 0.2) is 23.2 Å². The van der Waals surface area contributed by atoms with Crippen LogP contribution < -0.4 is 20.1 Å². The number of aliphatic imine (C=N–C) groups is 1. The molecule has 0 amide bonds. The third-order valence-electron chi connectivity index (χ3n) is 4.23. The second-order valence-electron chi connectivity index (χ2n) is 5.94. The minimum absolute atomic E-state index is 0.352. The molecule has 0 fully saturated rings. The number of nitrogens with zero attached hydrogens (tertiary/aromatic N) is 1. The predicted molar refractivity (Wildman–Crippen MR) is 103 cm³/mol. The Morgan fingerprint density at radius 3 is 2.12 bits per heavy atom. The van der Waals surface area contributed by atoms with E-state index in [0.717, 1.165) is 37.5 Å². The van der Waals surface area contributed by atoms with E-state index >= 15 is 0 Å². The van der Waals surface area contributed by atoms with Crippen LogP contribution in [-0.2, 0) is 0 Å². The van der Waals surface area contributed by atoms with Gasteiger partial charge >= 0.3 is 0 Å². The molecule has 6 heteroatoms. The summed E-state index contributed by atoms with van der Waals surface area (Å²) in [6.07, 6.45) is 1.54. The van der Waals surface area contributed by atoms with Crippen molar-refractivity contribution in [2.24, 2.45) is 10.9 Å². The minimum Gasteiger partial charge on any atom is -0.497 e. The first-order chi connectivity index (χ1) is 12.1. The fourth-order valence-electron chi connectivity index (χ4n) is 2.44. The van der Waals surface area contributed by atoms with Crippen molar-refractivity contribution < 1.29 is 14.6 Å². The number of aliphatic hydroxyl groups excluding tert-OH is 1. The molecule has 0 saturated carbocycles. The third kappa shape index (κ3) is 7.22. The van der Waals surface area contributed by atoms with E-state index < -0.39 is 6.10 Å². The molecular weight excluding hydrogens is 318 g/mol. The maximum absolute atomic E-state index is 10.5. The molecule has 0 aliphatic heterocycles. The van der Waals surface area contributed by atoms with Crippen LogP contribution in [0.25, 0.3) is 0 Å². The second-order valence-corrected chi connectivity index (χ2v) is 5.94. The first-order valence-corrected chi connectivity index (χ1v) is 9.00. The third-order valence-corrected chi connectivity index (χ3v) is 4.23. The van der Waals surface area contributed by atoms with Crippen molar-refractivity contribution in [2.75, 3.05) is 33.9 Å². The van der Waals surface area contributed by atoms with Gasteiger partial charge in [-0.3, -0.25) is 4.99 Å². The molecule has 1 aromatic carbocycles. The molecule has 0 aliphatic carbocycles. The number of benzene rings is 1. The summed E-state index contributed by atoms with van der Waals surface area (Å²) in [7, 11) is 3.19. The fourth-order valence-corrected chi connectivity index (χ4v) is 2.44. The summed E-state index contributed by atoms with van der Waals surface area (Å²) < 4.78 is 10.5. The Morgan fingerprint density at radius 1 is 1.04 bits per heavy atom. The molecule has 0 radical (unpaired) electrons. The summed E-state index contributed by atoms with van der Waals surface area (Å²) >= 11 is 0. The Kier molecular flexibility index (Phi) is 9.77. The lowest BCUT2D eigenvalue weighted by Crippen LogP contribution is -2.39. The Bertz CT molecular complexity index is 508. The van der Waals surface area contributed by atoms with Crippen molar-refractivity contribution in [3.05, 3.63) is 23.8 Å². The van der Waals surface area contributed by atoms with Crippen molar-refractivity contribution in [1.29, 1.82) is 0 Å². The van der Waals surface area contributed by atoms with Gasteiger partial charge in [0.25, 0.3) is 0 Å². The van der Waals surface area contributed by atoms with Crippen LogP contribution in [0.2, 0.25) is 0 Å². The molecule has 6 nitrogen and oxygen atoms in total. The van der Waals surface area contributed by atoms with Crippen molar-refractivity contribution >= 4 is 5.96 Å². The minimum atomic E-state index is -0.694. The molecule has 0 bridgehead atoms. The molecule has 0 spiro atoms. The van der Waals surface area contributed by atoms with Crippen LogP contribution in [0.4, 0.5) is 0 Å². The van der Waals surface area contributed by atoms with Gasteiger partial charge in [0.1, 0.15) is 11.5 Å². The lowest BCUT2D eigenvalue weighted by molar-refractivity contribution is 0.180. The molecule has 3 N–H and O–H groups in total. The zero-order valence-corrected chi connectivity index (χ0v) is 16.1. The van der Waals surface area contributed by atoms with E-state index in [1.807, 2.05) is 19.1 Å². The van der Waals surface area contributed by atoms with Gasteiger partial charge in [-0.2, -0.15) is 0 Å². The van der Waals surface area contributed by atoms with E-state index in [4.69, 9.17) is 9.47 Å². The molecule has 0 saturated heterocycles. The number of aliphatic hydroxyl groups is 1.